The van der Waals surface area contributed by atoms with Crippen molar-refractivity contribution in [3.8, 4) is 0 Å². The third-order valence-corrected chi connectivity index (χ3v) is 4.08. The highest BCUT2D eigenvalue weighted by molar-refractivity contribution is 5.04. The highest BCUT2D eigenvalue weighted by Gasteiger charge is 2.18. The Hall–Kier alpha value is -0.870. The summed E-state index contributed by atoms with van der Waals surface area (Å²) in [5.74, 6) is 0. The van der Waals surface area contributed by atoms with Crippen molar-refractivity contribution in [3.05, 3.63) is 18.0 Å². The highest BCUT2D eigenvalue weighted by atomic mass is 16.5. The van der Waals surface area contributed by atoms with Gasteiger partial charge >= 0.3 is 0 Å². The molecule has 18 heavy (non-hydrogen) atoms. The lowest BCUT2D eigenvalue weighted by molar-refractivity contribution is 0.110. The molecule has 2 aliphatic rings. The third kappa shape index (κ3) is 2.93. The molecule has 1 N–H and O–H groups in total. The normalized spacial score (nSPS) is 25.0. The van der Waals surface area contributed by atoms with Crippen molar-refractivity contribution < 1.29 is 4.74 Å². The van der Waals surface area contributed by atoms with Crippen LogP contribution < -0.4 is 5.32 Å². The van der Waals surface area contributed by atoms with Gasteiger partial charge in [0.05, 0.1) is 18.3 Å². The van der Waals surface area contributed by atoms with Crippen molar-refractivity contribution in [2.45, 2.75) is 57.2 Å². The number of hydrogen-bond donors (Lipinski definition) is 1. The van der Waals surface area contributed by atoms with Crippen LogP contribution in [0.2, 0.25) is 0 Å². The molecule has 0 bridgehead atoms. The summed E-state index contributed by atoms with van der Waals surface area (Å²) >= 11 is 0. The molecule has 0 radical (unpaired) electrons. The number of hydrogen-bond acceptors (Lipinski definition) is 3. The van der Waals surface area contributed by atoms with Crippen molar-refractivity contribution in [2.75, 3.05) is 13.2 Å². The molecule has 1 aromatic heterocycles. The van der Waals surface area contributed by atoms with Gasteiger partial charge in [0.2, 0.25) is 0 Å². The molecule has 0 spiro atoms. The SMILES string of the molecule is c1nn(C2CCCC2)cc1CNC[C@H]1CCCO1. The zero-order valence-corrected chi connectivity index (χ0v) is 11.0. The topological polar surface area (TPSA) is 39.1 Å². The summed E-state index contributed by atoms with van der Waals surface area (Å²) in [5, 5.41) is 7.96. The third-order valence-electron chi connectivity index (χ3n) is 4.08. The average molecular weight is 249 g/mol. The van der Waals surface area contributed by atoms with E-state index < -0.39 is 0 Å². The van der Waals surface area contributed by atoms with Crippen LogP contribution in [0.25, 0.3) is 0 Å². The zero-order valence-electron chi connectivity index (χ0n) is 11.0. The summed E-state index contributed by atoms with van der Waals surface area (Å²) in [7, 11) is 0. The molecule has 1 aromatic rings. The Morgan fingerprint density at radius 3 is 2.94 bits per heavy atom. The van der Waals surface area contributed by atoms with Crippen LogP contribution >= 0.6 is 0 Å². The lowest BCUT2D eigenvalue weighted by Gasteiger charge is -2.10. The quantitative estimate of drug-likeness (QED) is 0.870. The van der Waals surface area contributed by atoms with E-state index in [4.69, 9.17) is 4.74 Å². The number of ether oxygens (including phenoxy) is 1. The highest BCUT2D eigenvalue weighted by Crippen LogP contribution is 2.28. The first-order valence-corrected chi connectivity index (χ1v) is 7.27. The minimum Gasteiger partial charge on any atom is -0.377 e. The van der Waals surface area contributed by atoms with E-state index in [-0.39, 0.29) is 0 Å². The zero-order chi connectivity index (χ0) is 12.2. The summed E-state index contributed by atoms with van der Waals surface area (Å²) in [6.45, 7) is 2.81. The van der Waals surface area contributed by atoms with Gasteiger partial charge < -0.3 is 10.1 Å². The van der Waals surface area contributed by atoms with Gasteiger partial charge in [-0.25, -0.2) is 0 Å². The lowest BCUT2D eigenvalue weighted by atomic mass is 10.2. The Kier molecular flexibility index (Phi) is 3.96. The van der Waals surface area contributed by atoms with Crippen LogP contribution in [0.4, 0.5) is 0 Å². The van der Waals surface area contributed by atoms with Crippen LogP contribution in [-0.4, -0.2) is 29.0 Å². The molecule has 0 amide bonds. The van der Waals surface area contributed by atoms with Gasteiger partial charge in [-0.15, -0.1) is 0 Å². The molecular weight excluding hydrogens is 226 g/mol. The molecule has 2 heterocycles. The summed E-state index contributed by atoms with van der Waals surface area (Å²) in [6, 6.07) is 0.650. The van der Waals surface area contributed by atoms with Gasteiger partial charge in [-0.2, -0.15) is 5.10 Å². The summed E-state index contributed by atoms with van der Waals surface area (Å²) in [5.41, 5.74) is 1.29. The standard InChI is InChI=1S/C14H23N3O/c1-2-5-13(4-1)17-11-12(9-16-17)8-15-10-14-6-3-7-18-14/h9,11,13-15H,1-8,10H2/t14-/m1/s1. The molecule has 1 saturated heterocycles. The maximum Gasteiger partial charge on any atom is 0.0700 e. The van der Waals surface area contributed by atoms with E-state index in [2.05, 4.69) is 21.3 Å². The van der Waals surface area contributed by atoms with Crippen molar-refractivity contribution in [3.63, 3.8) is 0 Å². The molecule has 1 aliphatic heterocycles. The molecule has 1 aliphatic carbocycles. The summed E-state index contributed by atoms with van der Waals surface area (Å²) in [6.07, 6.45) is 12.4. The van der Waals surface area contributed by atoms with Crippen LogP contribution in [0, 0.1) is 0 Å². The van der Waals surface area contributed by atoms with E-state index in [0.717, 1.165) is 19.7 Å². The second-order valence-electron chi connectivity index (χ2n) is 5.53. The smallest absolute Gasteiger partial charge is 0.0700 e. The van der Waals surface area contributed by atoms with Crippen molar-refractivity contribution in [2.24, 2.45) is 0 Å². The minimum absolute atomic E-state index is 0.426. The number of nitrogens with zero attached hydrogens (tertiary/aromatic N) is 2. The Bertz CT molecular complexity index is 365. The summed E-state index contributed by atoms with van der Waals surface area (Å²) in [4.78, 5) is 0. The van der Waals surface area contributed by atoms with E-state index in [9.17, 15) is 0 Å². The number of aromatic nitrogens is 2. The van der Waals surface area contributed by atoms with Crippen LogP contribution in [0.5, 0.6) is 0 Å². The molecule has 2 fully saturated rings. The second kappa shape index (κ2) is 5.85. The van der Waals surface area contributed by atoms with Crippen molar-refractivity contribution in [1.29, 1.82) is 0 Å². The molecule has 0 aromatic carbocycles. The monoisotopic (exact) mass is 249 g/mol. The molecular formula is C14H23N3O. The summed E-state index contributed by atoms with van der Waals surface area (Å²) < 4.78 is 7.76. The maximum absolute atomic E-state index is 5.59. The first-order valence-electron chi connectivity index (χ1n) is 7.27. The predicted molar refractivity (Wildman–Crippen MR) is 70.4 cm³/mol. The van der Waals surface area contributed by atoms with Crippen LogP contribution in [0.1, 0.15) is 50.1 Å². The predicted octanol–water partition coefficient (Wildman–Crippen LogP) is 2.27. The van der Waals surface area contributed by atoms with Gasteiger partial charge in [-0.1, -0.05) is 12.8 Å². The van der Waals surface area contributed by atoms with Gasteiger partial charge in [0, 0.05) is 31.5 Å². The molecule has 100 valence electrons. The van der Waals surface area contributed by atoms with Gasteiger partial charge in [0.25, 0.3) is 0 Å². The number of nitrogens with one attached hydrogen (secondary N) is 1. The Morgan fingerprint density at radius 1 is 1.28 bits per heavy atom. The Balaban J connectivity index is 1.44. The first-order chi connectivity index (χ1) is 8.92. The largest absolute Gasteiger partial charge is 0.377 e. The fourth-order valence-electron chi connectivity index (χ4n) is 3.02. The Morgan fingerprint density at radius 2 is 2.17 bits per heavy atom. The second-order valence-corrected chi connectivity index (χ2v) is 5.53. The fraction of sp³-hybridized carbons (Fsp3) is 0.786. The lowest BCUT2D eigenvalue weighted by Crippen LogP contribution is -2.25. The van der Waals surface area contributed by atoms with E-state index >= 15 is 0 Å². The fourth-order valence-corrected chi connectivity index (χ4v) is 3.02. The van der Waals surface area contributed by atoms with E-state index in [1.807, 2.05) is 6.20 Å². The molecule has 3 rings (SSSR count). The molecule has 4 nitrogen and oxygen atoms in total. The van der Waals surface area contributed by atoms with Crippen molar-refractivity contribution >= 4 is 0 Å². The molecule has 1 atom stereocenters. The number of rotatable bonds is 5. The van der Waals surface area contributed by atoms with Crippen molar-refractivity contribution in [1.82, 2.24) is 15.1 Å². The van der Waals surface area contributed by atoms with E-state index in [1.54, 1.807) is 0 Å². The Labute approximate surface area is 109 Å². The van der Waals surface area contributed by atoms with Gasteiger partial charge in [-0.3, -0.25) is 4.68 Å². The van der Waals surface area contributed by atoms with Crippen LogP contribution in [-0.2, 0) is 11.3 Å². The van der Waals surface area contributed by atoms with Crippen LogP contribution in [0.3, 0.4) is 0 Å². The van der Waals surface area contributed by atoms with Gasteiger partial charge in [0.15, 0.2) is 0 Å². The molecule has 1 saturated carbocycles. The minimum atomic E-state index is 0.426. The molecule has 0 unspecified atom stereocenters. The van der Waals surface area contributed by atoms with E-state index in [0.29, 0.717) is 12.1 Å². The average Bonchev–Trinajstić information content (AvgIpc) is 3.12. The van der Waals surface area contributed by atoms with E-state index in [1.165, 1.54) is 44.1 Å². The maximum atomic E-state index is 5.59. The van der Waals surface area contributed by atoms with Gasteiger partial charge in [-0.05, 0) is 25.7 Å². The van der Waals surface area contributed by atoms with Crippen LogP contribution in [0.15, 0.2) is 12.4 Å². The first kappa shape index (κ1) is 12.2. The van der Waals surface area contributed by atoms with Gasteiger partial charge in [0.1, 0.15) is 0 Å². The molecule has 4 heteroatoms.